The summed E-state index contributed by atoms with van der Waals surface area (Å²) in [5.41, 5.74) is 0. The van der Waals surface area contributed by atoms with Crippen molar-refractivity contribution < 1.29 is 17.5 Å². The van der Waals surface area contributed by atoms with Crippen molar-refractivity contribution in [2.24, 2.45) is 0 Å². The van der Waals surface area contributed by atoms with Gasteiger partial charge >= 0.3 is 0 Å². The van der Waals surface area contributed by atoms with E-state index in [-0.39, 0.29) is 6.54 Å². The summed E-state index contributed by atoms with van der Waals surface area (Å²) in [7, 11) is -1.67. The van der Waals surface area contributed by atoms with Crippen LogP contribution in [0.2, 0.25) is 0 Å². The fourth-order valence-corrected chi connectivity index (χ4v) is 0.771. The summed E-state index contributed by atoms with van der Waals surface area (Å²) >= 11 is 4.90. The molecule has 0 aromatic carbocycles. The Morgan fingerprint density at radius 3 is 2.50 bits per heavy atom. The van der Waals surface area contributed by atoms with Crippen molar-refractivity contribution in [3.8, 4) is 0 Å². The molecule has 0 radical (unpaired) electrons. The quantitative estimate of drug-likeness (QED) is 0.353. The highest BCUT2D eigenvalue weighted by atomic mass is 35.5. The molecule has 0 aliphatic heterocycles. The Morgan fingerprint density at radius 1 is 1.70 bits per heavy atom. The first-order valence-corrected chi connectivity index (χ1v) is 3.71. The summed E-state index contributed by atoms with van der Waals surface area (Å²) in [6.07, 6.45) is 0. The van der Waals surface area contributed by atoms with Crippen LogP contribution in [0.5, 0.6) is 0 Å². The zero-order valence-electron chi connectivity index (χ0n) is 5.11. The van der Waals surface area contributed by atoms with Crippen LogP contribution in [0.15, 0.2) is 0 Å². The summed E-state index contributed by atoms with van der Waals surface area (Å²) in [6, 6.07) is 0. The number of nitrogens with zero attached hydrogens (tertiary/aromatic N) is 1. The van der Waals surface area contributed by atoms with Gasteiger partial charge in [0.25, 0.3) is 11.0 Å². The molecule has 0 saturated heterocycles. The molecular weight excluding hydrogens is 182 g/mol. The zero-order valence-corrected chi connectivity index (χ0v) is 6.76. The largest absolute Gasteiger partial charge is 0.280 e. The molecule has 0 atom stereocenters. The first kappa shape index (κ1) is 9.83. The molecule has 0 rings (SSSR count). The Kier molecular flexibility index (Phi) is 4.54. The van der Waals surface area contributed by atoms with E-state index in [0.717, 1.165) is 5.06 Å². The number of carbonyl (C=O) groups excluding carboxylic acids is 1. The van der Waals surface area contributed by atoms with Crippen molar-refractivity contribution in [1.29, 1.82) is 0 Å². The van der Waals surface area contributed by atoms with Gasteiger partial charge in [0.2, 0.25) is 5.24 Å². The topological polar surface area (TPSA) is 63.7 Å². The summed E-state index contributed by atoms with van der Waals surface area (Å²) in [5.74, 6) is 0. The van der Waals surface area contributed by atoms with Gasteiger partial charge in [-0.15, -0.1) is 0 Å². The number of thiol groups is 1. The van der Waals surface area contributed by atoms with E-state index in [0.29, 0.717) is 0 Å². The van der Waals surface area contributed by atoms with E-state index in [1.807, 2.05) is 0 Å². The number of rotatable bonds is 4. The second-order valence-electron chi connectivity index (χ2n) is 1.45. The Hall–Kier alpha value is -0.170. The average molecular weight is 188 g/mol. The van der Waals surface area contributed by atoms with Crippen LogP contribution in [-0.2, 0) is 20.1 Å². The van der Waals surface area contributed by atoms with E-state index in [4.69, 9.17) is 11.6 Å². The van der Waals surface area contributed by atoms with Crippen LogP contribution in [0.3, 0.4) is 0 Å². The molecule has 0 aromatic heterocycles. The Labute approximate surface area is 64.6 Å². The van der Waals surface area contributed by atoms with Gasteiger partial charge in [0, 0.05) is 7.05 Å². The van der Waals surface area contributed by atoms with Gasteiger partial charge in [-0.3, -0.25) is 4.79 Å². The maximum atomic E-state index is 10.1. The first-order valence-electron chi connectivity index (χ1n) is 2.24. The minimum absolute atomic E-state index is 0.259. The van der Waals surface area contributed by atoms with Crippen molar-refractivity contribution >= 4 is 27.8 Å². The van der Waals surface area contributed by atoms with Crippen LogP contribution in [0.1, 0.15) is 0 Å². The van der Waals surface area contributed by atoms with E-state index >= 15 is 0 Å². The van der Waals surface area contributed by atoms with Gasteiger partial charge in [-0.1, -0.05) is 0 Å². The summed E-state index contributed by atoms with van der Waals surface area (Å²) in [6.45, 7) is -0.259. The molecule has 0 spiro atoms. The Bertz CT molecular complexity index is 183. The molecule has 0 saturated carbocycles. The molecule has 0 aliphatic rings. The van der Waals surface area contributed by atoms with Crippen LogP contribution in [0.25, 0.3) is 0 Å². The van der Waals surface area contributed by atoms with Gasteiger partial charge in [0.15, 0.2) is 0 Å². The predicted octanol–water partition coefficient (Wildman–Crippen LogP) is -0.858. The normalized spacial score (nSPS) is 10.8. The molecule has 60 valence electrons. The monoisotopic (exact) mass is 187 g/mol. The van der Waals surface area contributed by atoms with Gasteiger partial charge in [-0.2, -0.15) is 9.35 Å². The lowest BCUT2D eigenvalue weighted by Gasteiger charge is -2.06. The van der Waals surface area contributed by atoms with Crippen LogP contribution in [0.4, 0.5) is 0 Å². The molecule has 0 unspecified atom stereocenters. The number of likely N-dealkylation sites (N-methyl/N-ethyl adjacent to an activating group) is 1. The lowest BCUT2D eigenvalue weighted by molar-refractivity contribution is -0.118. The fourth-order valence-electron chi connectivity index (χ4n) is 0.318. The SMILES string of the molecule is CN(CC(=O)Cl)O[SH](=O)=O. The molecule has 7 heteroatoms. The zero-order chi connectivity index (χ0) is 8.15. The number of carbonyl (C=O) groups is 1. The van der Waals surface area contributed by atoms with E-state index in [1.165, 1.54) is 7.05 Å². The molecule has 0 N–H and O–H groups in total. The average Bonchev–Trinajstić information content (AvgIpc) is 1.58. The van der Waals surface area contributed by atoms with Crippen molar-refractivity contribution in [3.63, 3.8) is 0 Å². The van der Waals surface area contributed by atoms with Gasteiger partial charge < -0.3 is 0 Å². The van der Waals surface area contributed by atoms with Crippen LogP contribution >= 0.6 is 11.6 Å². The first-order chi connectivity index (χ1) is 4.52. The number of hydrogen-bond donors (Lipinski definition) is 1. The predicted molar refractivity (Wildman–Crippen MR) is 34.9 cm³/mol. The van der Waals surface area contributed by atoms with Crippen LogP contribution in [0, 0.1) is 0 Å². The minimum atomic E-state index is -2.96. The van der Waals surface area contributed by atoms with Gasteiger partial charge in [0.1, 0.15) is 0 Å². The molecular formula is C3H6ClNO4S. The lowest BCUT2D eigenvalue weighted by atomic mass is 10.7. The van der Waals surface area contributed by atoms with Crippen LogP contribution < -0.4 is 0 Å². The third-order valence-electron chi connectivity index (χ3n) is 0.553. The molecule has 5 nitrogen and oxygen atoms in total. The molecule has 0 amide bonds. The highest BCUT2D eigenvalue weighted by Gasteiger charge is 2.03. The van der Waals surface area contributed by atoms with E-state index in [2.05, 4.69) is 4.28 Å². The van der Waals surface area contributed by atoms with Crippen molar-refractivity contribution in [2.45, 2.75) is 0 Å². The molecule has 10 heavy (non-hydrogen) atoms. The number of hydrogen-bond acceptors (Lipinski definition) is 5. The molecule has 0 bridgehead atoms. The van der Waals surface area contributed by atoms with Crippen molar-refractivity contribution in [1.82, 2.24) is 5.06 Å². The summed E-state index contributed by atoms with van der Waals surface area (Å²) < 4.78 is 23.7. The highest BCUT2D eigenvalue weighted by molar-refractivity contribution is 7.67. The fraction of sp³-hybridized carbons (Fsp3) is 0.667. The van der Waals surface area contributed by atoms with E-state index in [1.54, 1.807) is 0 Å². The van der Waals surface area contributed by atoms with Gasteiger partial charge in [-0.05, 0) is 11.6 Å². The number of halogens is 1. The minimum Gasteiger partial charge on any atom is -0.280 e. The molecule has 0 aliphatic carbocycles. The van der Waals surface area contributed by atoms with Crippen molar-refractivity contribution in [3.05, 3.63) is 0 Å². The maximum Gasteiger partial charge on any atom is 0.273 e. The maximum absolute atomic E-state index is 10.1. The van der Waals surface area contributed by atoms with Crippen LogP contribution in [-0.4, -0.2) is 32.3 Å². The smallest absolute Gasteiger partial charge is 0.273 e. The lowest BCUT2D eigenvalue weighted by Crippen LogP contribution is -2.23. The Balaban J connectivity index is 3.63. The second kappa shape index (κ2) is 4.62. The van der Waals surface area contributed by atoms with Gasteiger partial charge in [-0.25, -0.2) is 8.42 Å². The summed E-state index contributed by atoms with van der Waals surface area (Å²) in [5, 5.41) is 0.139. The Morgan fingerprint density at radius 2 is 2.20 bits per heavy atom. The second-order valence-corrected chi connectivity index (χ2v) is 2.48. The van der Waals surface area contributed by atoms with Crippen molar-refractivity contribution in [2.75, 3.05) is 13.6 Å². The third kappa shape index (κ3) is 5.96. The standard InChI is InChI=1S/C3H6ClNO4S/c1-5(2-3(4)6)9-10(7)8/h10H,2H2,1H3. The van der Waals surface area contributed by atoms with E-state index in [9.17, 15) is 13.2 Å². The van der Waals surface area contributed by atoms with Gasteiger partial charge in [0.05, 0.1) is 6.54 Å². The summed E-state index contributed by atoms with van der Waals surface area (Å²) in [4.78, 5) is 10.1. The molecule has 0 fully saturated rings. The molecule has 0 aromatic rings. The highest BCUT2D eigenvalue weighted by Crippen LogP contribution is 1.87. The van der Waals surface area contributed by atoms with E-state index < -0.39 is 16.2 Å². The third-order valence-corrected chi connectivity index (χ3v) is 1.08. The molecule has 0 heterocycles. The number of hydroxylamine groups is 2.